The first kappa shape index (κ1) is 44.9. The number of nitrogens with one attached hydrogen (secondary N) is 4. The molecule has 0 radical (unpaired) electrons. The van der Waals surface area contributed by atoms with Crippen LogP contribution in [-0.4, -0.2) is 114 Å². The van der Waals surface area contributed by atoms with Gasteiger partial charge < -0.3 is 65.9 Å². The molecule has 13 N–H and O–H groups in total. The highest BCUT2D eigenvalue weighted by Crippen LogP contribution is 2.36. The maximum atomic E-state index is 12.4. The second kappa shape index (κ2) is 18.8. The number of aromatic amines is 4. The lowest BCUT2D eigenvalue weighted by Crippen LogP contribution is -2.15. The minimum Gasteiger partial charge on any atom is -0.481 e. The Morgan fingerprint density at radius 3 is 0.885 bits per heavy atom. The molecular formula is C40H44N4O17. The SMILES string of the molecule is O=C(O)CCc1c2[nH]c(c1CC(=O)O)Cc1[nH]c(c(CC(=O)O)c1CCC(=O)O)Cc1[nH]c(c(C(O)C(=O)O)c1CCC(=O)O)Cc1[nH]c(c(CC(=O)O)c1CCC(=O)O)C2. The van der Waals surface area contributed by atoms with Crippen molar-refractivity contribution in [2.75, 3.05) is 0 Å². The molecule has 0 aromatic carbocycles. The van der Waals surface area contributed by atoms with Gasteiger partial charge >= 0.3 is 47.8 Å². The monoisotopic (exact) mass is 852 g/mol. The lowest BCUT2D eigenvalue weighted by molar-refractivity contribution is -0.147. The van der Waals surface area contributed by atoms with E-state index >= 15 is 0 Å². The third-order valence-corrected chi connectivity index (χ3v) is 10.8. The summed E-state index contributed by atoms with van der Waals surface area (Å²) in [4.78, 5) is 110. The van der Waals surface area contributed by atoms with Crippen LogP contribution >= 0.6 is 0 Å². The van der Waals surface area contributed by atoms with Gasteiger partial charge in [-0.2, -0.15) is 0 Å². The number of hydrogen-bond donors (Lipinski definition) is 13. The van der Waals surface area contributed by atoms with Crippen molar-refractivity contribution >= 4 is 47.8 Å². The number of aliphatic hydroxyl groups is 1. The first-order valence-corrected chi connectivity index (χ1v) is 19.0. The van der Waals surface area contributed by atoms with Crippen molar-refractivity contribution in [3.05, 3.63) is 90.1 Å². The number of rotatable bonds is 20. The Labute approximate surface area is 344 Å². The van der Waals surface area contributed by atoms with Crippen molar-refractivity contribution < 1.29 is 84.3 Å². The van der Waals surface area contributed by atoms with Crippen LogP contribution in [0.3, 0.4) is 0 Å². The number of fused-ring (bicyclic) bond motifs is 8. The molecule has 1 unspecified atom stereocenters. The molecule has 61 heavy (non-hydrogen) atoms. The molecule has 4 aromatic heterocycles. The smallest absolute Gasteiger partial charge is 0.337 e. The second-order valence-corrected chi connectivity index (χ2v) is 14.8. The van der Waals surface area contributed by atoms with E-state index in [0.717, 1.165) is 0 Å². The molecule has 4 aromatic rings. The predicted molar refractivity (Wildman–Crippen MR) is 205 cm³/mol. The molecule has 0 aliphatic carbocycles. The van der Waals surface area contributed by atoms with Gasteiger partial charge in [0.05, 0.1) is 19.3 Å². The molecule has 0 amide bonds. The van der Waals surface area contributed by atoms with Crippen molar-refractivity contribution in [1.29, 1.82) is 0 Å². The van der Waals surface area contributed by atoms with Gasteiger partial charge in [-0.1, -0.05) is 0 Å². The summed E-state index contributed by atoms with van der Waals surface area (Å²) >= 11 is 0. The van der Waals surface area contributed by atoms with Crippen LogP contribution in [0.5, 0.6) is 0 Å². The highest BCUT2D eigenvalue weighted by molar-refractivity contribution is 5.77. The molecule has 1 aliphatic rings. The van der Waals surface area contributed by atoms with Crippen LogP contribution in [0, 0.1) is 0 Å². The minimum atomic E-state index is -2.24. The maximum absolute atomic E-state index is 12.4. The lowest BCUT2D eigenvalue weighted by Gasteiger charge is -2.12. The fourth-order valence-corrected chi connectivity index (χ4v) is 8.33. The number of hydrogen-bond acceptors (Lipinski definition) is 9. The van der Waals surface area contributed by atoms with Gasteiger partial charge in [0, 0.05) is 102 Å². The topological polar surface area (TPSA) is 382 Å². The first-order valence-electron chi connectivity index (χ1n) is 19.0. The molecule has 5 rings (SSSR count). The molecule has 1 aliphatic heterocycles. The number of carbonyl (C=O) groups is 8. The maximum Gasteiger partial charge on any atom is 0.337 e. The van der Waals surface area contributed by atoms with Crippen LogP contribution in [0.2, 0.25) is 0 Å². The van der Waals surface area contributed by atoms with E-state index in [1.165, 1.54) is 0 Å². The van der Waals surface area contributed by atoms with E-state index in [2.05, 4.69) is 19.9 Å². The Hall–Kier alpha value is -7.16. The number of aromatic nitrogens is 4. The van der Waals surface area contributed by atoms with Gasteiger partial charge in [-0.3, -0.25) is 33.6 Å². The summed E-state index contributed by atoms with van der Waals surface area (Å²) in [6.45, 7) is 0. The Kier molecular flexibility index (Phi) is 13.9. The van der Waals surface area contributed by atoms with E-state index in [1.54, 1.807) is 0 Å². The molecule has 1 atom stereocenters. The largest absolute Gasteiger partial charge is 0.481 e. The van der Waals surface area contributed by atoms with E-state index < -0.39 is 98.8 Å². The summed E-state index contributed by atoms with van der Waals surface area (Å²) < 4.78 is 0. The van der Waals surface area contributed by atoms with Gasteiger partial charge in [-0.15, -0.1) is 0 Å². The highest BCUT2D eigenvalue weighted by atomic mass is 16.4. The van der Waals surface area contributed by atoms with Gasteiger partial charge in [-0.05, 0) is 64.6 Å². The molecular weight excluding hydrogens is 808 g/mol. The van der Waals surface area contributed by atoms with Gasteiger partial charge in [0.25, 0.3) is 0 Å². The van der Waals surface area contributed by atoms with Crippen LogP contribution in [0.15, 0.2) is 0 Å². The molecule has 0 spiro atoms. The zero-order chi connectivity index (χ0) is 44.9. The van der Waals surface area contributed by atoms with Crippen LogP contribution < -0.4 is 0 Å². The summed E-state index contributed by atoms with van der Waals surface area (Å²) in [7, 11) is 0. The average Bonchev–Trinajstić information content (AvgIpc) is 3.84. The van der Waals surface area contributed by atoms with Crippen LogP contribution in [0.4, 0.5) is 0 Å². The summed E-state index contributed by atoms with van der Waals surface area (Å²) in [6, 6.07) is 0. The zero-order valence-electron chi connectivity index (χ0n) is 32.5. The highest BCUT2D eigenvalue weighted by Gasteiger charge is 2.32. The summed E-state index contributed by atoms with van der Waals surface area (Å²) in [5, 5.41) is 90.2. The molecule has 0 saturated carbocycles. The Morgan fingerprint density at radius 2 is 0.607 bits per heavy atom. The average molecular weight is 853 g/mol. The van der Waals surface area contributed by atoms with E-state index in [9.17, 15) is 84.3 Å². The third kappa shape index (κ3) is 10.7. The van der Waals surface area contributed by atoms with E-state index in [0.29, 0.717) is 0 Å². The number of aliphatic carboxylic acids is 8. The molecule has 21 heteroatoms. The Balaban J connectivity index is 1.92. The standard InChI is InChI=1S/C40H44N4O17/c45-31(46)5-1-16-20(9-35(53)54)27-12-24-17(2-6-32(47)48)21(10-36(55)56)29(42-24)14-26-19(4-8-34(51)52)38(39(59)40(60)61)30(44-26)15-25-18(3-7-33(49)50)22(11-37(57)58)28(43-25)13-23(16)41-27/h39,41-44,59H,1-15H2,(H,45,46)(H,47,48)(H,49,50)(H,51,52)(H,53,54)(H,55,56)(H,57,58)(H,60,61). The molecule has 8 bridgehead atoms. The lowest BCUT2D eigenvalue weighted by atomic mass is 9.92. The summed E-state index contributed by atoms with van der Waals surface area (Å²) in [6.07, 6.45) is -8.04. The van der Waals surface area contributed by atoms with Crippen LogP contribution in [0.1, 0.15) is 122 Å². The molecule has 0 fully saturated rings. The van der Waals surface area contributed by atoms with Gasteiger partial charge in [0.1, 0.15) is 0 Å². The number of H-pyrrole nitrogens is 4. The Morgan fingerprint density at radius 1 is 0.361 bits per heavy atom. The van der Waals surface area contributed by atoms with E-state index in [-0.39, 0.29) is 141 Å². The Bertz CT molecular complexity index is 2410. The quantitative estimate of drug-likeness (QED) is 0.0530. The second-order valence-electron chi connectivity index (χ2n) is 14.8. The van der Waals surface area contributed by atoms with Gasteiger partial charge in [-0.25, -0.2) is 4.79 Å². The fourth-order valence-electron chi connectivity index (χ4n) is 8.33. The van der Waals surface area contributed by atoms with Crippen molar-refractivity contribution in [2.45, 2.75) is 102 Å². The van der Waals surface area contributed by atoms with Gasteiger partial charge in [0.15, 0.2) is 6.10 Å². The number of carboxylic acids is 8. The molecule has 326 valence electrons. The minimum absolute atomic E-state index is 0.0225. The molecule has 0 saturated heterocycles. The van der Waals surface area contributed by atoms with Crippen LogP contribution in [-0.2, 0) is 109 Å². The number of aliphatic hydroxyl groups excluding tert-OH is 1. The molecule has 21 nitrogen and oxygen atoms in total. The predicted octanol–water partition coefficient (Wildman–Crippen LogP) is 1.74. The van der Waals surface area contributed by atoms with E-state index in [1.807, 2.05) is 0 Å². The van der Waals surface area contributed by atoms with E-state index in [4.69, 9.17) is 0 Å². The zero-order valence-corrected chi connectivity index (χ0v) is 32.5. The fraction of sp³-hybridized carbons (Fsp3) is 0.400. The van der Waals surface area contributed by atoms with Crippen LogP contribution in [0.25, 0.3) is 0 Å². The summed E-state index contributed by atoms with van der Waals surface area (Å²) in [5.74, 6) is -10.6. The van der Waals surface area contributed by atoms with Crippen molar-refractivity contribution in [2.24, 2.45) is 0 Å². The van der Waals surface area contributed by atoms with Crippen molar-refractivity contribution in [3.63, 3.8) is 0 Å². The normalized spacial score (nSPS) is 12.8. The van der Waals surface area contributed by atoms with Crippen molar-refractivity contribution in [3.8, 4) is 0 Å². The first-order chi connectivity index (χ1) is 28.7. The summed E-state index contributed by atoms with van der Waals surface area (Å²) in [5.41, 5.74) is 2.63. The van der Waals surface area contributed by atoms with Gasteiger partial charge in [0.2, 0.25) is 0 Å². The van der Waals surface area contributed by atoms with Crippen molar-refractivity contribution in [1.82, 2.24) is 19.9 Å². The third-order valence-electron chi connectivity index (χ3n) is 10.8. The molecule has 5 heterocycles. The number of carboxylic acid groups (broad SMARTS) is 8.